The second-order valence-electron chi connectivity index (χ2n) is 4.02. The first-order valence-electron chi connectivity index (χ1n) is 5.06. The van der Waals surface area contributed by atoms with Gasteiger partial charge in [-0.25, -0.2) is 0 Å². The van der Waals surface area contributed by atoms with Crippen molar-refractivity contribution in [3.05, 3.63) is 29.3 Å². The van der Waals surface area contributed by atoms with Crippen LogP contribution in [0.2, 0.25) is 0 Å². The van der Waals surface area contributed by atoms with E-state index in [0.717, 1.165) is 5.56 Å². The lowest BCUT2D eigenvalue weighted by molar-refractivity contribution is 0.0988. The highest BCUT2D eigenvalue weighted by atomic mass is 16.3. The number of ketones is 1. The fourth-order valence-corrected chi connectivity index (χ4v) is 1.32. The maximum absolute atomic E-state index is 11.7. The Balaban J connectivity index is 2.73. The van der Waals surface area contributed by atoms with Gasteiger partial charge in [0.05, 0.1) is 6.54 Å². The van der Waals surface area contributed by atoms with Crippen LogP contribution in [0.4, 0.5) is 0 Å². The quantitative estimate of drug-likeness (QED) is 0.741. The van der Waals surface area contributed by atoms with Gasteiger partial charge in [0.25, 0.3) is 0 Å². The zero-order chi connectivity index (χ0) is 11.4. The summed E-state index contributed by atoms with van der Waals surface area (Å²) in [6.07, 6.45) is 0. The fourth-order valence-electron chi connectivity index (χ4n) is 1.32. The minimum atomic E-state index is 0.00250. The molecule has 0 amide bonds. The molecule has 3 heteroatoms. The number of nitrogens with one attached hydrogen (secondary N) is 1. The molecule has 0 saturated heterocycles. The molecule has 0 aliphatic carbocycles. The number of hydrogen-bond acceptors (Lipinski definition) is 3. The third-order valence-electron chi connectivity index (χ3n) is 2.05. The van der Waals surface area contributed by atoms with Crippen molar-refractivity contribution in [2.75, 3.05) is 6.54 Å². The van der Waals surface area contributed by atoms with Crippen LogP contribution in [0.25, 0.3) is 0 Å². The number of rotatable bonds is 4. The number of phenolic OH excluding ortho intramolecular Hbond substituents is 1. The lowest BCUT2D eigenvalue weighted by Gasteiger charge is -2.07. The van der Waals surface area contributed by atoms with E-state index in [-0.39, 0.29) is 17.6 Å². The number of Topliss-reactive ketones (excluding diaryl/α,β-unsaturated/α-hetero) is 1. The molecule has 0 bridgehead atoms. The van der Waals surface area contributed by atoms with Crippen LogP contribution in [-0.2, 0) is 0 Å². The molecular formula is C12H17NO2. The molecule has 1 aromatic carbocycles. The van der Waals surface area contributed by atoms with Gasteiger partial charge in [0, 0.05) is 11.6 Å². The van der Waals surface area contributed by atoms with Gasteiger partial charge in [-0.2, -0.15) is 0 Å². The van der Waals surface area contributed by atoms with E-state index >= 15 is 0 Å². The molecule has 0 radical (unpaired) electrons. The summed E-state index contributed by atoms with van der Waals surface area (Å²) >= 11 is 0. The maximum Gasteiger partial charge on any atom is 0.176 e. The monoisotopic (exact) mass is 207 g/mol. The van der Waals surface area contributed by atoms with E-state index in [2.05, 4.69) is 5.32 Å². The SMILES string of the molecule is Cc1cc(O)cc(C(=O)CNC(C)C)c1. The zero-order valence-corrected chi connectivity index (χ0v) is 9.37. The van der Waals surface area contributed by atoms with E-state index in [0.29, 0.717) is 12.1 Å². The molecule has 0 aliphatic heterocycles. The Kier molecular flexibility index (Phi) is 3.86. The van der Waals surface area contributed by atoms with Crippen LogP contribution in [-0.4, -0.2) is 23.5 Å². The second kappa shape index (κ2) is 4.94. The summed E-state index contributed by atoms with van der Waals surface area (Å²) in [5, 5.41) is 12.4. The minimum Gasteiger partial charge on any atom is -0.508 e. The second-order valence-corrected chi connectivity index (χ2v) is 4.02. The van der Waals surface area contributed by atoms with Gasteiger partial charge in [0.15, 0.2) is 5.78 Å². The molecule has 0 unspecified atom stereocenters. The summed E-state index contributed by atoms with van der Waals surface area (Å²) in [4.78, 5) is 11.7. The lowest BCUT2D eigenvalue weighted by atomic mass is 10.1. The first kappa shape index (κ1) is 11.7. The van der Waals surface area contributed by atoms with E-state index in [1.54, 1.807) is 12.1 Å². The Labute approximate surface area is 90.1 Å². The highest BCUT2D eigenvalue weighted by molar-refractivity contribution is 5.98. The normalized spacial score (nSPS) is 10.7. The van der Waals surface area contributed by atoms with Crippen molar-refractivity contribution >= 4 is 5.78 Å². The van der Waals surface area contributed by atoms with Crippen LogP contribution < -0.4 is 5.32 Å². The summed E-state index contributed by atoms with van der Waals surface area (Å²) in [5.41, 5.74) is 1.45. The van der Waals surface area contributed by atoms with Gasteiger partial charge >= 0.3 is 0 Å². The third-order valence-corrected chi connectivity index (χ3v) is 2.05. The summed E-state index contributed by atoms with van der Waals surface area (Å²) in [5.74, 6) is 0.144. The van der Waals surface area contributed by atoms with Crippen LogP contribution in [0.5, 0.6) is 5.75 Å². The number of benzene rings is 1. The summed E-state index contributed by atoms with van der Waals surface area (Å²) in [7, 11) is 0. The Bertz CT molecular complexity index is 338. The molecule has 2 N–H and O–H groups in total. The average molecular weight is 207 g/mol. The zero-order valence-electron chi connectivity index (χ0n) is 9.37. The van der Waals surface area contributed by atoms with Gasteiger partial charge in [0.1, 0.15) is 5.75 Å². The molecule has 1 aromatic rings. The van der Waals surface area contributed by atoms with Crippen molar-refractivity contribution in [1.29, 1.82) is 0 Å². The third kappa shape index (κ3) is 3.72. The van der Waals surface area contributed by atoms with E-state index in [1.807, 2.05) is 20.8 Å². The molecule has 15 heavy (non-hydrogen) atoms. The molecule has 0 spiro atoms. The fraction of sp³-hybridized carbons (Fsp3) is 0.417. The lowest BCUT2D eigenvalue weighted by Crippen LogP contribution is -2.29. The molecule has 1 rings (SSSR count). The Hall–Kier alpha value is -1.35. The van der Waals surface area contributed by atoms with Crippen LogP contribution >= 0.6 is 0 Å². The number of phenols is 1. The Morgan fingerprint density at radius 1 is 1.40 bits per heavy atom. The number of hydrogen-bond donors (Lipinski definition) is 2. The molecule has 0 saturated carbocycles. The molecule has 82 valence electrons. The van der Waals surface area contributed by atoms with Crippen LogP contribution in [0, 0.1) is 6.92 Å². The van der Waals surface area contributed by atoms with Crippen molar-refractivity contribution < 1.29 is 9.90 Å². The molecule has 0 fully saturated rings. The molecule has 3 nitrogen and oxygen atoms in total. The Morgan fingerprint density at radius 2 is 2.07 bits per heavy atom. The van der Waals surface area contributed by atoms with E-state index in [4.69, 9.17) is 0 Å². The van der Waals surface area contributed by atoms with E-state index in [9.17, 15) is 9.90 Å². The molecule has 0 aliphatic rings. The first-order chi connectivity index (χ1) is 6.99. The molecule has 0 heterocycles. The number of aromatic hydroxyl groups is 1. The van der Waals surface area contributed by atoms with Crippen molar-refractivity contribution in [3.8, 4) is 5.75 Å². The minimum absolute atomic E-state index is 0.00250. The van der Waals surface area contributed by atoms with Gasteiger partial charge in [-0.05, 0) is 30.7 Å². The van der Waals surface area contributed by atoms with Crippen molar-refractivity contribution in [1.82, 2.24) is 5.32 Å². The highest BCUT2D eigenvalue weighted by Gasteiger charge is 2.07. The largest absolute Gasteiger partial charge is 0.508 e. The maximum atomic E-state index is 11.7. The predicted octanol–water partition coefficient (Wildman–Crippen LogP) is 1.88. The van der Waals surface area contributed by atoms with Gasteiger partial charge in [-0.1, -0.05) is 13.8 Å². The number of carbonyl (C=O) groups is 1. The molecular weight excluding hydrogens is 190 g/mol. The van der Waals surface area contributed by atoms with E-state index < -0.39 is 0 Å². The molecule has 0 aromatic heterocycles. The number of aryl methyl sites for hydroxylation is 1. The van der Waals surface area contributed by atoms with Gasteiger partial charge in [-0.15, -0.1) is 0 Å². The van der Waals surface area contributed by atoms with Crippen LogP contribution in [0.15, 0.2) is 18.2 Å². The van der Waals surface area contributed by atoms with Gasteiger partial charge in [-0.3, -0.25) is 4.79 Å². The van der Waals surface area contributed by atoms with Crippen molar-refractivity contribution in [3.63, 3.8) is 0 Å². The van der Waals surface area contributed by atoms with Gasteiger partial charge < -0.3 is 10.4 Å². The van der Waals surface area contributed by atoms with Crippen molar-refractivity contribution in [2.24, 2.45) is 0 Å². The summed E-state index contributed by atoms with van der Waals surface area (Å²) < 4.78 is 0. The van der Waals surface area contributed by atoms with Crippen LogP contribution in [0.3, 0.4) is 0 Å². The Morgan fingerprint density at radius 3 is 2.60 bits per heavy atom. The number of carbonyl (C=O) groups excluding carboxylic acids is 1. The first-order valence-corrected chi connectivity index (χ1v) is 5.06. The predicted molar refractivity (Wildman–Crippen MR) is 60.3 cm³/mol. The summed E-state index contributed by atoms with van der Waals surface area (Å²) in [6.45, 7) is 6.13. The van der Waals surface area contributed by atoms with Gasteiger partial charge in [0.2, 0.25) is 0 Å². The topological polar surface area (TPSA) is 49.3 Å². The highest BCUT2D eigenvalue weighted by Crippen LogP contribution is 2.15. The van der Waals surface area contributed by atoms with Crippen molar-refractivity contribution in [2.45, 2.75) is 26.8 Å². The average Bonchev–Trinajstić information content (AvgIpc) is 2.12. The standard InChI is InChI=1S/C12H17NO2/c1-8(2)13-7-12(15)10-4-9(3)5-11(14)6-10/h4-6,8,13-14H,7H2,1-3H3. The smallest absolute Gasteiger partial charge is 0.176 e. The van der Waals surface area contributed by atoms with Crippen LogP contribution in [0.1, 0.15) is 29.8 Å². The molecule has 0 atom stereocenters. The summed E-state index contributed by atoms with van der Waals surface area (Å²) in [6, 6.07) is 5.20. The van der Waals surface area contributed by atoms with E-state index in [1.165, 1.54) is 6.07 Å².